The highest BCUT2D eigenvalue weighted by molar-refractivity contribution is 7.80. The number of hydrogen-bond acceptors (Lipinski definition) is 2. The van der Waals surface area contributed by atoms with E-state index in [0.29, 0.717) is 11.7 Å². The molecule has 0 aliphatic carbocycles. The third kappa shape index (κ3) is 3.36. The van der Waals surface area contributed by atoms with Crippen LogP contribution < -0.4 is 15.4 Å². The molecule has 0 aliphatic heterocycles. The van der Waals surface area contributed by atoms with Gasteiger partial charge in [-0.15, -0.1) is 0 Å². The summed E-state index contributed by atoms with van der Waals surface area (Å²) in [6.45, 7) is 0.716. The number of fused-ring (bicyclic) bond motifs is 1. The number of ether oxygens (including phenoxy) is 1. The predicted molar refractivity (Wildman–Crippen MR) is 103 cm³/mol. The highest BCUT2D eigenvalue weighted by Crippen LogP contribution is 2.31. The van der Waals surface area contributed by atoms with Crippen molar-refractivity contribution in [3.05, 3.63) is 65.9 Å². The molecule has 3 rings (SSSR count). The fraction of sp³-hybridized carbons (Fsp3) is 0.211. The molecule has 124 valence electrons. The minimum Gasteiger partial charge on any atom is -0.497 e. The van der Waals surface area contributed by atoms with Crippen LogP contribution in [-0.2, 0) is 0 Å². The Balaban J connectivity index is 1.98. The van der Waals surface area contributed by atoms with E-state index in [9.17, 15) is 0 Å². The number of H-pyrrole nitrogens is 1. The van der Waals surface area contributed by atoms with Gasteiger partial charge in [0, 0.05) is 36.6 Å². The number of benzene rings is 2. The first-order chi connectivity index (χ1) is 11.7. The first-order valence-electron chi connectivity index (χ1n) is 7.88. The monoisotopic (exact) mass is 339 g/mol. The Labute approximate surface area is 147 Å². The summed E-state index contributed by atoms with van der Waals surface area (Å²) in [6.07, 6.45) is 2.09. The molecule has 4 nitrogen and oxygen atoms in total. The van der Waals surface area contributed by atoms with Gasteiger partial charge in [-0.05, 0) is 41.5 Å². The molecule has 0 saturated heterocycles. The lowest BCUT2D eigenvalue weighted by Gasteiger charge is -2.19. The molecule has 5 heteroatoms. The van der Waals surface area contributed by atoms with Crippen LogP contribution in [0.2, 0.25) is 0 Å². The predicted octanol–water partition coefficient (Wildman–Crippen LogP) is 3.40. The van der Waals surface area contributed by atoms with Crippen LogP contribution in [0.1, 0.15) is 17.0 Å². The number of para-hydroxylation sites is 1. The Bertz CT molecular complexity index is 826. The van der Waals surface area contributed by atoms with E-state index in [2.05, 4.69) is 52.1 Å². The molecule has 0 aliphatic rings. The molecular formula is C19H21N3OS. The Morgan fingerprint density at radius 2 is 1.92 bits per heavy atom. The Kier molecular flexibility index (Phi) is 5.01. The molecule has 0 amide bonds. The molecule has 0 fully saturated rings. The molecule has 0 spiro atoms. The van der Waals surface area contributed by atoms with E-state index in [1.807, 2.05) is 25.2 Å². The number of methoxy groups -OCH3 is 1. The summed E-state index contributed by atoms with van der Waals surface area (Å²) in [7, 11) is 3.50. The van der Waals surface area contributed by atoms with Gasteiger partial charge in [0.05, 0.1) is 7.11 Å². The summed E-state index contributed by atoms with van der Waals surface area (Å²) in [6, 6.07) is 16.5. The highest BCUT2D eigenvalue weighted by Gasteiger charge is 2.18. The molecule has 3 aromatic rings. The van der Waals surface area contributed by atoms with Crippen LogP contribution in [0.5, 0.6) is 5.75 Å². The average molecular weight is 339 g/mol. The van der Waals surface area contributed by atoms with Crippen LogP contribution in [0.25, 0.3) is 10.9 Å². The largest absolute Gasteiger partial charge is 0.497 e. The second-order valence-corrected chi connectivity index (χ2v) is 5.98. The minimum atomic E-state index is 0.179. The van der Waals surface area contributed by atoms with Gasteiger partial charge in [-0.25, -0.2) is 0 Å². The van der Waals surface area contributed by atoms with Gasteiger partial charge in [-0.3, -0.25) is 0 Å². The van der Waals surface area contributed by atoms with Gasteiger partial charge < -0.3 is 20.4 Å². The van der Waals surface area contributed by atoms with E-state index < -0.39 is 0 Å². The summed E-state index contributed by atoms with van der Waals surface area (Å²) >= 11 is 5.24. The van der Waals surface area contributed by atoms with Gasteiger partial charge in [0.15, 0.2) is 5.11 Å². The van der Waals surface area contributed by atoms with Crippen LogP contribution in [0.15, 0.2) is 54.7 Å². The third-order valence-corrected chi connectivity index (χ3v) is 4.56. The Morgan fingerprint density at radius 1 is 1.17 bits per heavy atom. The fourth-order valence-electron chi connectivity index (χ4n) is 2.91. The summed E-state index contributed by atoms with van der Waals surface area (Å²) < 4.78 is 5.27. The lowest BCUT2D eigenvalue weighted by atomic mass is 9.91. The summed E-state index contributed by atoms with van der Waals surface area (Å²) in [5.41, 5.74) is 3.61. The van der Waals surface area contributed by atoms with Gasteiger partial charge in [0.25, 0.3) is 0 Å². The van der Waals surface area contributed by atoms with Crippen LogP contribution >= 0.6 is 12.2 Å². The number of thiocarbonyl (C=S) groups is 1. The van der Waals surface area contributed by atoms with E-state index in [1.54, 1.807) is 7.11 Å². The van der Waals surface area contributed by atoms with Crippen LogP contribution in [-0.4, -0.2) is 30.8 Å². The van der Waals surface area contributed by atoms with Gasteiger partial charge in [0.2, 0.25) is 0 Å². The smallest absolute Gasteiger partial charge is 0.166 e. The maximum Gasteiger partial charge on any atom is 0.166 e. The van der Waals surface area contributed by atoms with Crippen molar-refractivity contribution < 1.29 is 4.74 Å². The summed E-state index contributed by atoms with van der Waals surface area (Å²) in [5.74, 6) is 1.04. The van der Waals surface area contributed by atoms with Crippen molar-refractivity contribution in [1.82, 2.24) is 15.6 Å². The van der Waals surface area contributed by atoms with E-state index >= 15 is 0 Å². The normalized spacial score (nSPS) is 11.9. The topological polar surface area (TPSA) is 49.1 Å². The van der Waals surface area contributed by atoms with E-state index in [-0.39, 0.29) is 5.92 Å². The SMILES string of the molecule is CNC(=S)NC[C@@H](c1ccc(OC)cc1)c1c[nH]c2ccccc12. The van der Waals surface area contributed by atoms with Crippen LogP contribution in [0.3, 0.4) is 0 Å². The lowest BCUT2D eigenvalue weighted by molar-refractivity contribution is 0.414. The fourth-order valence-corrected chi connectivity index (χ4v) is 2.99. The Hall–Kier alpha value is -2.53. The van der Waals surface area contributed by atoms with Crippen molar-refractivity contribution >= 4 is 28.2 Å². The van der Waals surface area contributed by atoms with Crippen molar-refractivity contribution in [3.8, 4) is 5.75 Å². The van der Waals surface area contributed by atoms with Gasteiger partial charge in [0.1, 0.15) is 5.75 Å². The molecule has 0 radical (unpaired) electrons. The molecule has 3 N–H and O–H groups in total. The average Bonchev–Trinajstić information content (AvgIpc) is 3.06. The van der Waals surface area contributed by atoms with Crippen molar-refractivity contribution in [2.75, 3.05) is 20.7 Å². The van der Waals surface area contributed by atoms with E-state index in [4.69, 9.17) is 17.0 Å². The maximum absolute atomic E-state index is 5.27. The molecule has 0 unspecified atom stereocenters. The molecule has 1 aromatic heterocycles. The molecular weight excluding hydrogens is 318 g/mol. The zero-order valence-electron chi connectivity index (χ0n) is 13.8. The van der Waals surface area contributed by atoms with Crippen molar-refractivity contribution in [1.29, 1.82) is 0 Å². The first kappa shape index (κ1) is 16.3. The Morgan fingerprint density at radius 3 is 2.62 bits per heavy atom. The van der Waals surface area contributed by atoms with Crippen molar-refractivity contribution in [2.45, 2.75) is 5.92 Å². The van der Waals surface area contributed by atoms with E-state index in [1.165, 1.54) is 16.5 Å². The van der Waals surface area contributed by atoms with Crippen LogP contribution in [0.4, 0.5) is 0 Å². The summed E-state index contributed by atoms with van der Waals surface area (Å²) in [4.78, 5) is 3.36. The number of nitrogens with one attached hydrogen (secondary N) is 3. The van der Waals surface area contributed by atoms with Crippen molar-refractivity contribution in [2.24, 2.45) is 0 Å². The highest BCUT2D eigenvalue weighted by atomic mass is 32.1. The molecule has 1 heterocycles. The molecule has 2 aromatic carbocycles. The summed E-state index contributed by atoms with van der Waals surface area (Å²) in [5, 5.41) is 8.13. The van der Waals surface area contributed by atoms with Crippen molar-refractivity contribution in [3.63, 3.8) is 0 Å². The number of aromatic nitrogens is 1. The lowest BCUT2D eigenvalue weighted by Crippen LogP contribution is -2.35. The molecule has 1 atom stereocenters. The molecule has 24 heavy (non-hydrogen) atoms. The zero-order chi connectivity index (χ0) is 16.9. The second kappa shape index (κ2) is 7.36. The number of aromatic amines is 1. The first-order valence-corrected chi connectivity index (χ1v) is 8.29. The minimum absolute atomic E-state index is 0.179. The van der Waals surface area contributed by atoms with E-state index in [0.717, 1.165) is 11.3 Å². The third-order valence-electron chi connectivity index (χ3n) is 4.21. The number of rotatable bonds is 5. The standard InChI is InChI=1S/C19H21N3OS/c1-20-19(24)22-11-16(13-7-9-14(23-2)10-8-13)17-12-21-18-6-4-3-5-15(17)18/h3-10,12,16,21H,11H2,1-2H3,(H2,20,22,24)/t16-/m0/s1. The van der Waals surface area contributed by atoms with Gasteiger partial charge >= 0.3 is 0 Å². The molecule has 0 bridgehead atoms. The van der Waals surface area contributed by atoms with Crippen LogP contribution in [0, 0.1) is 0 Å². The zero-order valence-corrected chi connectivity index (χ0v) is 14.6. The van der Waals surface area contributed by atoms with Gasteiger partial charge in [-0.2, -0.15) is 0 Å². The second-order valence-electron chi connectivity index (χ2n) is 5.58. The van der Waals surface area contributed by atoms with Gasteiger partial charge in [-0.1, -0.05) is 30.3 Å². The quantitative estimate of drug-likeness (QED) is 0.624. The maximum atomic E-state index is 5.27. The number of hydrogen-bond donors (Lipinski definition) is 3. The molecule has 0 saturated carbocycles.